The highest BCUT2D eigenvalue weighted by atomic mass is 32.1. The number of fused-ring (bicyclic) bond motifs is 2. The normalized spacial score (nSPS) is 12.8. The third-order valence-corrected chi connectivity index (χ3v) is 3.78. The maximum Gasteiger partial charge on any atom is 0.231 e. The number of nitrogen functional groups attached to an aromatic ring is 1. The van der Waals surface area contributed by atoms with Crippen molar-refractivity contribution in [2.24, 2.45) is 0 Å². The van der Waals surface area contributed by atoms with Crippen molar-refractivity contribution in [3.63, 3.8) is 0 Å². The zero-order chi connectivity index (χ0) is 14.4. The first kappa shape index (κ1) is 12.2. The number of nitrogens with two attached hydrogens (primary N) is 1. The quantitative estimate of drug-likeness (QED) is 0.532. The van der Waals surface area contributed by atoms with Gasteiger partial charge in [-0.3, -0.25) is 5.10 Å². The topological polar surface area (TPSA) is 73.2 Å². The first-order valence-electron chi connectivity index (χ1n) is 6.40. The molecule has 3 N–H and O–H groups in total. The highest BCUT2D eigenvalue weighted by Crippen LogP contribution is 2.38. The van der Waals surface area contributed by atoms with Crippen molar-refractivity contribution in [1.82, 2.24) is 10.2 Å². The lowest BCUT2D eigenvalue weighted by molar-refractivity contribution is 0.174. The number of hydrogen-bond donors (Lipinski definition) is 2. The zero-order valence-electron chi connectivity index (χ0n) is 10.9. The number of nitrogens with one attached hydrogen (secondary N) is 1. The van der Waals surface area contributed by atoms with E-state index < -0.39 is 0 Å². The van der Waals surface area contributed by atoms with Crippen LogP contribution in [0.4, 0.5) is 5.69 Å². The van der Waals surface area contributed by atoms with Gasteiger partial charge in [0.2, 0.25) is 6.79 Å². The number of ether oxygens (including phenoxy) is 2. The van der Waals surface area contributed by atoms with Crippen LogP contribution in [0.3, 0.4) is 0 Å². The maximum atomic E-state index is 5.73. The molecule has 0 radical (unpaired) electrons. The van der Waals surface area contributed by atoms with Crippen molar-refractivity contribution in [2.45, 2.75) is 0 Å². The van der Waals surface area contributed by atoms with E-state index in [1.807, 2.05) is 36.4 Å². The molecule has 6 heteroatoms. The number of H-pyrrole nitrogens is 1. The van der Waals surface area contributed by atoms with Gasteiger partial charge in [0.1, 0.15) is 4.64 Å². The predicted molar refractivity (Wildman–Crippen MR) is 82.9 cm³/mol. The molecule has 0 saturated carbocycles. The predicted octanol–water partition coefficient (Wildman–Crippen LogP) is 3.27. The van der Waals surface area contributed by atoms with E-state index in [-0.39, 0.29) is 6.79 Å². The van der Waals surface area contributed by atoms with Gasteiger partial charge in [-0.2, -0.15) is 5.10 Å². The van der Waals surface area contributed by atoms with E-state index in [2.05, 4.69) is 10.2 Å². The lowest BCUT2D eigenvalue weighted by atomic mass is 10.0. The standard InChI is InChI=1S/C15H11N3O2S/c16-9-3-1-8(2-4-9)14-10-5-12-13(20-7-19-12)6-11(10)15(21)18-17-14/h1-6H,7,16H2,(H,18,21). The summed E-state index contributed by atoms with van der Waals surface area (Å²) in [6.45, 7) is 0.229. The summed E-state index contributed by atoms with van der Waals surface area (Å²) in [7, 11) is 0. The summed E-state index contributed by atoms with van der Waals surface area (Å²) in [5.41, 5.74) is 8.21. The Morgan fingerprint density at radius 2 is 1.71 bits per heavy atom. The number of anilines is 1. The van der Waals surface area contributed by atoms with Crippen LogP contribution < -0.4 is 15.2 Å². The van der Waals surface area contributed by atoms with Gasteiger partial charge in [-0.25, -0.2) is 0 Å². The molecule has 3 aromatic rings. The summed E-state index contributed by atoms with van der Waals surface area (Å²) in [4.78, 5) is 0. The van der Waals surface area contributed by atoms with Crippen LogP contribution in [0.15, 0.2) is 36.4 Å². The fourth-order valence-electron chi connectivity index (χ4n) is 2.41. The molecule has 0 atom stereocenters. The fourth-order valence-corrected chi connectivity index (χ4v) is 2.63. The Kier molecular flexibility index (Phi) is 2.58. The number of rotatable bonds is 1. The number of aromatic nitrogens is 2. The van der Waals surface area contributed by atoms with E-state index in [4.69, 9.17) is 27.4 Å². The Morgan fingerprint density at radius 3 is 2.43 bits per heavy atom. The summed E-state index contributed by atoms with van der Waals surface area (Å²) in [6, 6.07) is 11.4. The largest absolute Gasteiger partial charge is 0.454 e. The van der Waals surface area contributed by atoms with E-state index >= 15 is 0 Å². The van der Waals surface area contributed by atoms with Crippen LogP contribution in [0.1, 0.15) is 0 Å². The summed E-state index contributed by atoms with van der Waals surface area (Å²) in [5.74, 6) is 1.41. The van der Waals surface area contributed by atoms with E-state index in [0.29, 0.717) is 21.8 Å². The molecule has 0 spiro atoms. The second-order valence-corrected chi connectivity index (χ2v) is 5.18. The minimum Gasteiger partial charge on any atom is -0.454 e. The third-order valence-electron chi connectivity index (χ3n) is 3.47. The molecule has 0 amide bonds. The molecule has 0 saturated heterocycles. The first-order valence-corrected chi connectivity index (χ1v) is 6.81. The molecule has 2 heterocycles. The lowest BCUT2D eigenvalue weighted by Gasteiger charge is -2.07. The van der Waals surface area contributed by atoms with Crippen molar-refractivity contribution >= 4 is 28.7 Å². The summed E-state index contributed by atoms with van der Waals surface area (Å²) in [6.07, 6.45) is 0. The van der Waals surface area contributed by atoms with Crippen LogP contribution in [0.2, 0.25) is 0 Å². The Bertz CT molecular complexity index is 903. The lowest BCUT2D eigenvalue weighted by Crippen LogP contribution is -1.93. The minimum atomic E-state index is 0.229. The highest BCUT2D eigenvalue weighted by molar-refractivity contribution is 7.71. The summed E-state index contributed by atoms with van der Waals surface area (Å²) >= 11 is 5.32. The van der Waals surface area contributed by atoms with Gasteiger partial charge in [-0.1, -0.05) is 24.4 Å². The van der Waals surface area contributed by atoms with E-state index in [0.717, 1.165) is 22.0 Å². The molecule has 1 aliphatic rings. The molecule has 2 aromatic carbocycles. The number of nitrogens with zero attached hydrogens (tertiary/aromatic N) is 1. The van der Waals surface area contributed by atoms with Crippen molar-refractivity contribution in [2.75, 3.05) is 12.5 Å². The molecule has 0 aliphatic carbocycles. The SMILES string of the molecule is Nc1ccc(-c2n[nH]c(=S)c3cc4c(cc23)OCO4)cc1. The highest BCUT2D eigenvalue weighted by Gasteiger charge is 2.17. The smallest absolute Gasteiger partial charge is 0.231 e. The molecule has 5 nitrogen and oxygen atoms in total. The summed E-state index contributed by atoms with van der Waals surface area (Å²) in [5, 5.41) is 9.06. The number of aromatic amines is 1. The zero-order valence-corrected chi connectivity index (χ0v) is 11.7. The maximum absolute atomic E-state index is 5.73. The molecule has 1 aliphatic heterocycles. The Labute approximate surface area is 125 Å². The molecular weight excluding hydrogens is 286 g/mol. The van der Waals surface area contributed by atoms with E-state index in [1.54, 1.807) is 0 Å². The Morgan fingerprint density at radius 1 is 1.05 bits per heavy atom. The van der Waals surface area contributed by atoms with Crippen molar-refractivity contribution in [3.8, 4) is 22.8 Å². The number of hydrogen-bond acceptors (Lipinski definition) is 5. The molecule has 4 rings (SSSR count). The molecule has 1 aromatic heterocycles. The van der Waals surface area contributed by atoms with Crippen molar-refractivity contribution in [1.29, 1.82) is 0 Å². The summed E-state index contributed by atoms with van der Waals surface area (Å²) < 4.78 is 11.4. The molecule has 0 fully saturated rings. The van der Waals surface area contributed by atoms with Gasteiger partial charge in [0, 0.05) is 22.0 Å². The second-order valence-electron chi connectivity index (χ2n) is 4.77. The minimum absolute atomic E-state index is 0.229. The van der Waals surface area contributed by atoms with Gasteiger partial charge in [0.25, 0.3) is 0 Å². The van der Waals surface area contributed by atoms with E-state index in [1.165, 1.54) is 0 Å². The first-order chi connectivity index (χ1) is 10.2. The second kappa shape index (κ2) is 4.46. The fraction of sp³-hybridized carbons (Fsp3) is 0.0667. The van der Waals surface area contributed by atoms with Crippen LogP contribution in [0, 0.1) is 4.64 Å². The van der Waals surface area contributed by atoms with Crippen LogP contribution in [-0.2, 0) is 0 Å². The van der Waals surface area contributed by atoms with Gasteiger partial charge in [0.05, 0.1) is 5.69 Å². The van der Waals surface area contributed by atoms with Crippen LogP contribution in [-0.4, -0.2) is 17.0 Å². The molecule has 104 valence electrons. The average Bonchev–Trinajstić information content (AvgIpc) is 2.95. The Hall–Kier alpha value is -2.60. The van der Waals surface area contributed by atoms with Gasteiger partial charge in [-0.05, 0) is 24.3 Å². The van der Waals surface area contributed by atoms with Crippen LogP contribution in [0.5, 0.6) is 11.5 Å². The van der Waals surface area contributed by atoms with Gasteiger partial charge < -0.3 is 15.2 Å². The van der Waals surface area contributed by atoms with Gasteiger partial charge in [0.15, 0.2) is 11.5 Å². The molecule has 0 bridgehead atoms. The molecular formula is C15H11N3O2S. The number of benzene rings is 2. The molecule has 0 unspecified atom stereocenters. The average molecular weight is 297 g/mol. The van der Waals surface area contributed by atoms with Crippen LogP contribution in [0.25, 0.3) is 22.0 Å². The van der Waals surface area contributed by atoms with Gasteiger partial charge in [-0.15, -0.1) is 0 Å². The molecule has 21 heavy (non-hydrogen) atoms. The third kappa shape index (κ3) is 1.92. The van der Waals surface area contributed by atoms with Crippen molar-refractivity contribution in [3.05, 3.63) is 41.0 Å². The van der Waals surface area contributed by atoms with Crippen molar-refractivity contribution < 1.29 is 9.47 Å². The monoisotopic (exact) mass is 297 g/mol. The van der Waals surface area contributed by atoms with Gasteiger partial charge >= 0.3 is 0 Å². The Balaban J connectivity index is 2.04. The van der Waals surface area contributed by atoms with Crippen LogP contribution >= 0.6 is 12.2 Å². The van der Waals surface area contributed by atoms with E-state index in [9.17, 15) is 0 Å².